The van der Waals surface area contributed by atoms with Crippen LogP contribution in [0.15, 0.2) is 84.9 Å². The first kappa shape index (κ1) is 21.9. The van der Waals surface area contributed by atoms with Gasteiger partial charge in [0.25, 0.3) is 0 Å². The van der Waals surface area contributed by atoms with Crippen LogP contribution in [0.5, 0.6) is 0 Å². The minimum absolute atomic E-state index is 0.00322. The van der Waals surface area contributed by atoms with Crippen molar-refractivity contribution in [3.8, 4) is 0 Å². The Hall–Kier alpha value is -3.31. The maximum atomic E-state index is 13.2. The standard InChI is InChI=1S/C26H26ClN3O2/c27-22-11-13-24(14-12-22)30-19-23(17-25(30)31)28-26(32)29(18-21-9-5-2-6-10-21)16-15-20-7-3-1-4-8-20/h1-14,23H,15-19H2,(H,28,32). The van der Waals surface area contributed by atoms with Gasteiger partial charge in [0.2, 0.25) is 5.91 Å². The van der Waals surface area contributed by atoms with E-state index in [1.165, 1.54) is 5.56 Å². The smallest absolute Gasteiger partial charge is 0.318 e. The molecule has 0 aliphatic carbocycles. The van der Waals surface area contributed by atoms with Crippen molar-refractivity contribution in [2.24, 2.45) is 0 Å². The topological polar surface area (TPSA) is 52.7 Å². The Labute approximate surface area is 193 Å². The number of benzene rings is 3. The summed E-state index contributed by atoms with van der Waals surface area (Å²) >= 11 is 5.96. The number of carbonyl (C=O) groups excluding carboxylic acids is 2. The van der Waals surface area contributed by atoms with Crippen LogP contribution in [-0.2, 0) is 17.8 Å². The minimum Gasteiger partial charge on any atom is -0.333 e. The fraction of sp³-hybridized carbons (Fsp3) is 0.231. The van der Waals surface area contributed by atoms with Gasteiger partial charge in [-0.2, -0.15) is 0 Å². The van der Waals surface area contributed by atoms with Crippen molar-refractivity contribution in [1.82, 2.24) is 10.2 Å². The van der Waals surface area contributed by atoms with Gasteiger partial charge in [0.15, 0.2) is 0 Å². The molecule has 1 unspecified atom stereocenters. The van der Waals surface area contributed by atoms with Crippen molar-refractivity contribution in [2.75, 3.05) is 18.0 Å². The first-order valence-corrected chi connectivity index (χ1v) is 11.2. The summed E-state index contributed by atoms with van der Waals surface area (Å²) in [6, 6.07) is 26.9. The average molecular weight is 448 g/mol. The van der Waals surface area contributed by atoms with Crippen LogP contribution in [0.1, 0.15) is 17.5 Å². The number of hydrogen-bond donors (Lipinski definition) is 1. The monoisotopic (exact) mass is 447 g/mol. The zero-order valence-corrected chi connectivity index (χ0v) is 18.5. The van der Waals surface area contributed by atoms with Crippen LogP contribution in [-0.4, -0.2) is 36.0 Å². The fourth-order valence-corrected chi connectivity index (χ4v) is 4.03. The quantitative estimate of drug-likeness (QED) is 0.560. The Morgan fingerprint density at radius 1 is 0.938 bits per heavy atom. The molecule has 1 aliphatic rings. The first-order valence-electron chi connectivity index (χ1n) is 10.8. The number of hydrogen-bond acceptors (Lipinski definition) is 2. The van der Waals surface area contributed by atoms with E-state index in [0.29, 0.717) is 24.7 Å². The number of carbonyl (C=O) groups is 2. The predicted octanol–water partition coefficient (Wildman–Crippen LogP) is 4.90. The predicted molar refractivity (Wildman–Crippen MR) is 128 cm³/mol. The molecule has 32 heavy (non-hydrogen) atoms. The van der Waals surface area contributed by atoms with E-state index < -0.39 is 0 Å². The molecular formula is C26H26ClN3O2. The van der Waals surface area contributed by atoms with Crippen molar-refractivity contribution in [2.45, 2.75) is 25.4 Å². The van der Waals surface area contributed by atoms with Gasteiger partial charge in [0.05, 0.1) is 6.04 Å². The van der Waals surface area contributed by atoms with E-state index in [2.05, 4.69) is 17.4 Å². The molecule has 3 aromatic carbocycles. The molecule has 5 nitrogen and oxygen atoms in total. The van der Waals surface area contributed by atoms with Crippen molar-refractivity contribution in [1.29, 1.82) is 0 Å². The van der Waals surface area contributed by atoms with Gasteiger partial charge < -0.3 is 15.1 Å². The van der Waals surface area contributed by atoms with Crippen LogP contribution >= 0.6 is 11.6 Å². The summed E-state index contributed by atoms with van der Waals surface area (Å²) in [7, 11) is 0. The molecule has 1 saturated heterocycles. The van der Waals surface area contributed by atoms with E-state index in [4.69, 9.17) is 11.6 Å². The zero-order chi connectivity index (χ0) is 22.3. The summed E-state index contributed by atoms with van der Waals surface area (Å²) in [4.78, 5) is 29.3. The molecule has 164 valence electrons. The second-order valence-corrected chi connectivity index (χ2v) is 8.41. The van der Waals surface area contributed by atoms with Crippen LogP contribution in [0, 0.1) is 0 Å². The molecule has 1 heterocycles. The SMILES string of the molecule is O=C(NC1CC(=O)N(c2ccc(Cl)cc2)C1)N(CCc1ccccc1)Cc1ccccc1. The van der Waals surface area contributed by atoms with Crippen molar-refractivity contribution in [3.63, 3.8) is 0 Å². The van der Waals surface area contributed by atoms with E-state index in [9.17, 15) is 9.59 Å². The summed E-state index contributed by atoms with van der Waals surface area (Å²) in [5, 5.41) is 3.70. The van der Waals surface area contributed by atoms with E-state index in [0.717, 1.165) is 17.7 Å². The highest BCUT2D eigenvalue weighted by Crippen LogP contribution is 2.23. The Balaban J connectivity index is 1.42. The molecule has 0 saturated carbocycles. The molecule has 0 bridgehead atoms. The summed E-state index contributed by atoms with van der Waals surface area (Å²) in [6.45, 7) is 1.55. The Bertz CT molecular complexity index is 1040. The average Bonchev–Trinajstić information content (AvgIpc) is 3.18. The van der Waals surface area contributed by atoms with Gasteiger partial charge in [0.1, 0.15) is 0 Å². The van der Waals surface area contributed by atoms with Crippen LogP contribution in [0.3, 0.4) is 0 Å². The summed E-state index contributed by atoms with van der Waals surface area (Å²) in [6.07, 6.45) is 1.05. The van der Waals surface area contributed by atoms with Crippen molar-refractivity contribution in [3.05, 3.63) is 101 Å². The van der Waals surface area contributed by atoms with Gasteiger partial charge in [-0.15, -0.1) is 0 Å². The third-order valence-corrected chi connectivity index (χ3v) is 5.86. The summed E-state index contributed by atoms with van der Waals surface area (Å²) in [5.74, 6) is -0.00322. The molecule has 4 rings (SSSR count). The van der Waals surface area contributed by atoms with Crippen molar-refractivity contribution >= 4 is 29.2 Å². The molecular weight excluding hydrogens is 422 g/mol. The maximum absolute atomic E-state index is 13.2. The molecule has 3 aromatic rings. The normalized spacial score (nSPS) is 15.6. The molecule has 1 fully saturated rings. The second kappa shape index (κ2) is 10.3. The summed E-state index contributed by atoms with van der Waals surface area (Å²) in [5.41, 5.74) is 3.05. The van der Waals surface area contributed by atoms with Crippen LogP contribution in [0.4, 0.5) is 10.5 Å². The van der Waals surface area contributed by atoms with Crippen LogP contribution in [0.25, 0.3) is 0 Å². The molecule has 1 aliphatic heterocycles. The van der Waals surface area contributed by atoms with E-state index >= 15 is 0 Å². The number of urea groups is 1. The van der Waals surface area contributed by atoms with Gasteiger partial charge in [-0.05, 0) is 41.8 Å². The van der Waals surface area contributed by atoms with Crippen LogP contribution in [0.2, 0.25) is 5.02 Å². The zero-order valence-electron chi connectivity index (χ0n) is 17.8. The highest BCUT2D eigenvalue weighted by atomic mass is 35.5. The largest absolute Gasteiger partial charge is 0.333 e. The Morgan fingerprint density at radius 2 is 1.56 bits per heavy atom. The molecule has 1 atom stereocenters. The highest BCUT2D eigenvalue weighted by molar-refractivity contribution is 6.30. The van der Waals surface area contributed by atoms with E-state index in [1.807, 2.05) is 65.6 Å². The number of nitrogens with zero attached hydrogens (tertiary/aromatic N) is 2. The Kier molecular flexibility index (Phi) is 7.07. The number of halogens is 1. The molecule has 3 amide bonds. The van der Waals surface area contributed by atoms with E-state index in [-0.39, 0.29) is 24.4 Å². The van der Waals surface area contributed by atoms with Gasteiger partial charge in [-0.25, -0.2) is 4.79 Å². The van der Waals surface area contributed by atoms with Crippen molar-refractivity contribution < 1.29 is 9.59 Å². The summed E-state index contributed by atoms with van der Waals surface area (Å²) < 4.78 is 0. The molecule has 1 N–H and O–H groups in total. The third-order valence-electron chi connectivity index (χ3n) is 5.61. The van der Waals surface area contributed by atoms with Crippen LogP contribution < -0.4 is 10.2 Å². The third kappa shape index (κ3) is 5.68. The fourth-order valence-electron chi connectivity index (χ4n) is 3.91. The lowest BCUT2D eigenvalue weighted by Gasteiger charge is -2.25. The number of anilines is 1. The lowest BCUT2D eigenvalue weighted by molar-refractivity contribution is -0.117. The molecule has 0 aromatic heterocycles. The van der Waals surface area contributed by atoms with Gasteiger partial charge in [0, 0.05) is 36.8 Å². The first-order chi connectivity index (χ1) is 15.6. The lowest BCUT2D eigenvalue weighted by Crippen LogP contribution is -2.46. The van der Waals surface area contributed by atoms with Gasteiger partial charge >= 0.3 is 6.03 Å². The Morgan fingerprint density at radius 3 is 2.22 bits per heavy atom. The lowest BCUT2D eigenvalue weighted by atomic mass is 10.1. The number of nitrogens with one attached hydrogen (secondary N) is 1. The molecule has 6 heteroatoms. The highest BCUT2D eigenvalue weighted by Gasteiger charge is 2.32. The van der Waals surface area contributed by atoms with Gasteiger partial charge in [-0.1, -0.05) is 72.3 Å². The molecule has 0 spiro atoms. The minimum atomic E-state index is -0.235. The number of rotatable bonds is 7. The maximum Gasteiger partial charge on any atom is 0.318 e. The van der Waals surface area contributed by atoms with E-state index in [1.54, 1.807) is 17.0 Å². The van der Waals surface area contributed by atoms with Gasteiger partial charge in [-0.3, -0.25) is 4.79 Å². The molecule has 0 radical (unpaired) electrons. The second-order valence-electron chi connectivity index (χ2n) is 7.97. The number of amides is 3.